The number of hydrogen-bond donors (Lipinski definition) is 0. The number of aliphatic imine (C=N–C) groups is 1. The van der Waals surface area contributed by atoms with E-state index in [1.54, 1.807) is 12.0 Å². The molecule has 128 valence electrons. The van der Waals surface area contributed by atoms with Gasteiger partial charge in [0.2, 0.25) is 0 Å². The van der Waals surface area contributed by atoms with Crippen LogP contribution in [0.4, 0.5) is 5.69 Å². The van der Waals surface area contributed by atoms with Crippen LogP contribution < -0.4 is 4.74 Å². The van der Waals surface area contributed by atoms with Gasteiger partial charge in [-0.3, -0.25) is 9.69 Å². The topological polar surface area (TPSA) is 41.9 Å². The molecule has 0 aromatic heterocycles. The van der Waals surface area contributed by atoms with Crippen molar-refractivity contribution in [3.8, 4) is 5.75 Å². The lowest BCUT2D eigenvalue weighted by atomic mass is 10.2. The van der Waals surface area contributed by atoms with Crippen molar-refractivity contribution in [1.29, 1.82) is 0 Å². The van der Waals surface area contributed by atoms with E-state index >= 15 is 0 Å². The number of amides is 1. The fourth-order valence-corrected chi connectivity index (χ4v) is 3.50. The van der Waals surface area contributed by atoms with E-state index in [1.165, 1.54) is 11.8 Å². The third-order valence-electron chi connectivity index (χ3n) is 3.73. The lowest BCUT2D eigenvalue weighted by molar-refractivity contribution is -0.122. The van der Waals surface area contributed by atoms with Gasteiger partial charge in [0.1, 0.15) is 5.75 Å². The van der Waals surface area contributed by atoms with Crippen LogP contribution in [0.5, 0.6) is 5.75 Å². The van der Waals surface area contributed by atoms with Gasteiger partial charge in [-0.15, -0.1) is 0 Å². The number of thioether (sulfide) groups is 1. The molecule has 2 aromatic carbocycles. The number of nitrogens with zero attached hydrogens (tertiary/aromatic N) is 2. The molecule has 1 heterocycles. The molecule has 3 rings (SSSR count). The molecule has 2 aromatic rings. The van der Waals surface area contributed by atoms with Crippen LogP contribution in [-0.4, -0.2) is 29.6 Å². The third-order valence-corrected chi connectivity index (χ3v) is 4.74. The molecular weight excluding hydrogens is 332 g/mol. The lowest BCUT2D eigenvalue weighted by Gasteiger charge is -2.13. The normalized spacial score (nSPS) is 17.5. The molecule has 5 heteroatoms. The van der Waals surface area contributed by atoms with Gasteiger partial charge in [-0.25, -0.2) is 4.99 Å². The second-order valence-corrected chi connectivity index (χ2v) is 6.58. The van der Waals surface area contributed by atoms with Gasteiger partial charge in [0.05, 0.1) is 17.7 Å². The van der Waals surface area contributed by atoms with E-state index in [-0.39, 0.29) is 5.91 Å². The van der Waals surface area contributed by atoms with Crippen LogP contribution in [0.15, 0.2) is 64.5 Å². The molecule has 1 saturated heterocycles. The molecule has 4 nitrogen and oxygen atoms in total. The summed E-state index contributed by atoms with van der Waals surface area (Å²) in [4.78, 5) is 19.9. The number of rotatable bonds is 5. The van der Waals surface area contributed by atoms with Gasteiger partial charge >= 0.3 is 0 Å². The Kier molecular flexibility index (Phi) is 5.56. The molecule has 1 aliphatic rings. The minimum atomic E-state index is 0.0114. The van der Waals surface area contributed by atoms with Gasteiger partial charge in [-0.05, 0) is 54.1 Å². The highest BCUT2D eigenvalue weighted by Crippen LogP contribution is 2.34. The van der Waals surface area contributed by atoms with Gasteiger partial charge in [-0.2, -0.15) is 0 Å². The quantitative estimate of drug-likeness (QED) is 0.732. The minimum Gasteiger partial charge on any atom is -0.497 e. The predicted molar refractivity (Wildman–Crippen MR) is 104 cm³/mol. The maximum atomic E-state index is 12.8. The summed E-state index contributed by atoms with van der Waals surface area (Å²) in [5, 5.41) is 0.734. The summed E-state index contributed by atoms with van der Waals surface area (Å²) in [6, 6.07) is 17.4. The molecule has 0 unspecified atom stereocenters. The summed E-state index contributed by atoms with van der Waals surface area (Å²) in [5.74, 6) is 0.809. The molecule has 0 saturated carbocycles. The zero-order valence-corrected chi connectivity index (χ0v) is 15.1. The predicted octanol–water partition coefficient (Wildman–Crippen LogP) is 4.71. The maximum Gasteiger partial charge on any atom is 0.266 e. The van der Waals surface area contributed by atoms with Gasteiger partial charge in [0.15, 0.2) is 5.17 Å². The molecule has 0 spiro atoms. The van der Waals surface area contributed by atoms with Crippen LogP contribution in [0.3, 0.4) is 0 Å². The highest BCUT2D eigenvalue weighted by molar-refractivity contribution is 8.18. The first-order valence-electron chi connectivity index (χ1n) is 8.20. The summed E-state index contributed by atoms with van der Waals surface area (Å²) in [6.45, 7) is 2.72. The van der Waals surface area contributed by atoms with Crippen molar-refractivity contribution in [1.82, 2.24) is 4.90 Å². The second-order valence-electron chi connectivity index (χ2n) is 5.57. The summed E-state index contributed by atoms with van der Waals surface area (Å²) in [5.41, 5.74) is 1.82. The smallest absolute Gasteiger partial charge is 0.266 e. The third kappa shape index (κ3) is 4.12. The maximum absolute atomic E-state index is 12.8. The Morgan fingerprint density at radius 3 is 2.48 bits per heavy atom. The molecular formula is C20H20N2O2S. The minimum absolute atomic E-state index is 0.0114. The van der Waals surface area contributed by atoms with Crippen molar-refractivity contribution in [3.63, 3.8) is 0 Å². The number of ether oxygens (including phenoxy) is 1. The molecule has 0 radical (unpaired) electrons. The molecule has 0 atom stereocenters. The van der Waals surface area contributed by atoms with E-state index in [9.17, 15) is 4.79 Å². The van der Waals surface area contributed by atoms with Crippen LogP contribution in [0, 0.1) is 0 Å². The monoisotopic (exact) mass is 352 g/mol. The van der Waals surface area contributed by atoms with E-state index in [0.29, 0.717) is 11.4 Å². The van der Waals surface area contributed by atoms with Crippen LogP contribution in [0.25, 0.3) is 6.08 Å². The number of carbonyl (C=O) groups is 1. The zero-order valence-electron chi connectivity index (χ0n) is 14.3. The molecule has 0 aliphatic carbocycles. The van der Waals surface area contributed by atoms with Crippen molar-refractivity contribution in [2.45, 2.75) is 13.3 Å². The molecule has 0 N–H and O–H groups in total. The number of carbonyl (C=O) groups excluding carboxylic acids is 1. The van der Waals surface area contributed by atoms with Crippen LogP contribution >= 0.6 is 11.8 Å². The highest BCUT2D eigenvalue weighted by Gasteiger charge is 2.32. The van der Waals surface area contributed by atoms with Gasteiger partial charge in [0, 0.05) is 6.54 Å². The standard InChI is InChI=1S/C20H20N2O2S/c1-3-13-22-19(23)18(14-15-9-11-17(24-2)12-10-15)25-20(22)21-16-7-5-4-6-8-16/h4-12,14H,3,13H2,1-2H3/b18-14+,21-20?. The Labute approximate surface area is 152 Å². The van der Waals surface area contributed by atoms with Crippen LogP contribution in [-0.2, 0) is 4.79 Å². The average Bonchev–Trinajstić information content (AvgIpc) is 2.92. The largest absolute Gasteiger partial charge is 0.497 e. The number of methoxy groups -OCH3 is 1. The van der Waals surface area contributed by atoms with E-state index in [1.807, 2.05) is 60.7 Å². The number of hydrogen-bond acceptors (Lipinski definition) is 4. The number of amidine groups is 1. The van der Waals surface area contributed by atoms with E-state index in [0.717, 1.165) is 28.6 Å². The Balaban J connectivity index is 1.89. The summed E-state index contributed by atoms with van der Waals surface area (Å²) in [6.07, 6.45) is 2.79. The van der Waals surface area contributed by atoms with Crippen molar-refractivity contribution < 1.29 is 9.53 Å². The van der Waals surface area contributed by atoms with Crippen LogP contribution in [0.1, 0.15) is 18.9 Å². The fourth-order valence-electron chi connectivity index (χ4n) is 2.48. The second kappa shape index (κ2) is 8.03. The van der Waals surface area contributed by atoms with Crippen LogP contribution in [0.2, 0.25) is 0 Å². The van der Waals surface area contributed by atoms with E-state index in [2.05, 4.69) is 11.9 Å². The number of benzene rings is 2. The fraction of sp³-hybridized carbons (Fsp3) is 0.200. The van der Waals surface area contributed by atoms with Gasteiger partial charge < -0.3 is 4.74 Å². The summed E-state index contributed by atoms with van der Waals surface area (Å²) >= 11 is 1.42. The van der Waals surface area contributed by atoms with Crippen molar-refractivity contribution in [2.24, 2.45) is 4.99 Å². The zero-order chi connectivity index (χ0) is 17.6. The first-order chi connectivity index (χ1) is 12.2. The highest BCUT2D eigenvalue weighted by atomic mass is 32.2. The Hall–Kier alpha value is -2.53. The first kappa shape index (κ1) is 17.3. The van der Waals surface area contributed by atoms with E-state index < -0.39 is 0 Å². The summed E-state index contributed by atoms with van der Waals surface area (Å²) < 4.78 is 5.17. The van der Waals surface area contributed by atoms with Gasteiger partial charge in [0.25, 0.3) is 5.91 Å². The molecule has 1 aliphatic heterocycles. The Morgan fingerprint density at radius 2 is 1.84 bits per heavy atom. The first-order valence-corrected chi connectivity index (χ1v) is 9.02. The van der Waals surface area contributed by atoms with Gasteiger partial charge in [-0.1, -0.05) is 37.3 Å². The Bertz CT molecular complexity index is 798. The molecule has 1 fully saturated rings. The molecule has 0 bridgehead atoms. The molecule has 1 amide bonds. The van der Waals surface area contributed by atoms with Crippen molar-refractivity contribution in [2.75, 3.05) is 13.7 Å². The Morgan fingerprint density at radius 1 is 1.12 bits per heavy atom. The SMILES string of the molecule is CCCN1C(=O)/C(=C\c2ccc(OC)cc2)SC1=Nc1ccccc1. The lowest BCUT2D eigenvalue weighted by Crippen LogP contribution is -2.29. The summed E-state index contributed by atoms with van der Waals surface area (Å²) in [7, 11) is 1.64. The average molecular weight is 352 g/mol. The van der Waals surface area contributed by atoms with Crippen molar-refractivity contribution in [3.05, 3.63) is 65.1 Å². The number of para-hydroxylation sites is 1. The van der Waals surface area contributed by atoms with E-state index in [4.69, 9.17) is 4.74 Å². The van der Waals surface area contributed by atoms with Crippen molar-refractivity contribution >= 4 is 34.6 Å². The molecule has 25 heavy (non-hydrogen) atoms.